The van der Waals surface area contributed by atoms with Gasteiger partial charge in [-0.15, -0.1) is 0 Å². The number of fused-ring (bicyclic) bond motifs is 1. The number of nitrogens with zero attached hydrogens (tertiary/aromatic N) is 2. The van der Waals surface area contributed by atoms with Crippen molar-refractivity contribution in [3.05, 3.63) is 65.9 Å². The van der Waals surface area contributed by atoms with E-state index in [-0.39, 0.29) is 12.3 Å². The van der Waals surface area contributed by atoms with Crippen LogP contribution in [-0.4, -0.2) is 38.8 Å². The first-order valence-electron chi connectivity index (χ1n) is 9.20. The Balaban J connectivity index is 1.59. The normalized spacial score (nSPS) is 12.1. The fraction of sp³-hybridized carbons (Fsp3) is 0.300. The number of hydrogen-bond donors (Lipinski definition) is 3. The largest absolute Gasteiger partial charge is 0.475 e. The number of nitrogens with one attached hydrogen (secondary N) is 1. The summed E-state index contributed by atoms with van der Waals surface area (Å²) in [6.45, 7) is 2.50. The van der Waals surface area contributed by atoms with E-state index in [1.165, 1.54) is 5.56 Å². The molecular weight excluding hydrogens is 341 g/mol. The van der Waals surface area contributed by atoms with Gasteiger partial charge in [-0.05, 0) is 30.0 Å². The van der Waals surface area contributed by atoms with Gasteiger partial charge in [0.25, 0.3) is 0 Å². The van der Waals surface area contributed by atoms with Gasteiger partial charge < -0.3 is 15.4 Å². The second kappa shape index (κ2) is 8.84. The number of para-hydroxylation sites is 1. The highest BCUT2D eigenvalue weighted by Crippen LogP contribution is 2.13. The predicted molar refractivity (Wildman–Crippen MR) is 106 cm³/mol. The molecule has 6 nitrogen and oxygen atoms in total. The maximum atomic E-state index is 12.3. The van der Waals surface area contributed by atoms with Crippen molar-refractivity contribution in [2.45, 2.75) is 38.7 Å². The standard InChI is InChI=1S/C20H24BN3O3/c1-2-15-6-5-7-16(12-15)13-19(21(26)27)23-20(25)10-11-24-18-9-4-3-8-17(18)14-22-24/h3-9,12,14,19,26-27H,2,10-11,13H2,1H3,(H,23,25)/t19-/m0/s1. The van der Waals surface area contributed by atoms with E-state index in [4.69, 9.17) is 0 Å². The quantitative estimate of drug-likeness (QED) is 0.531. The Labute approximate surface area is 159 Å². The zero-order valence-corrected chi connectivity index (χ0v) is 15.4. The smallest absolute Gasteiger partial charge is 0.426 e. The molecule has 7 heteroatoms. The van der Waals surface area contributed by atoms with Crippen molar-refractivity contribution >= 4 is 23.9 Å². The molecule has 0 spiro atoms. The van der Waals surface area contributed by atoms with Crippen molar-refractivity contribution in [3.8, 4) is 0 Å². The SMILES string of the molecule is CCc1cccc(C[C@H](NC(=O)CCn2ncc3ccccc32)B(O)O)c1. The van der Waals surface area contributed by atoms with Crippen molar-refractivity contribution in [3.63, 3.8) is 0 Å². The third kappa shape index (κ3) is 4.96. The second-order valence-corrected chi connectivity index (χ2v) is 6.64. The monoisotopic (exact) mass is 365 g/mol. The van der Waals surface area contributed by atoms with Crippen molar-refractivity contribution in [2.24, 2.45) is 0 Å². The molecule has 0 unspecified atom stereocenters. The number of rotatable bonds is 8. The molecule has 0 fully saturated rings. The maximum absolute atomic E-state index is 12.3. The van der Waals surface area contributed by atoms with Crippen LogP contribution in [0.25, 0.3) is 10.9 Å². The van der Waals surface area contributed by atoms with Crippen molar-refractivity contribution in [2.75, 3.05) is 0 Å². The van der Waals surface area contributed by atoms with Crippen LogP contribution in [-0.2, 0) is 24.2 Å². The fourth-order valence-corrected chi connectivity index (χ4v) is 3.15. The molecule has 1 heterocycles. The molecule has 0 aliphatic rings. The predicted octanol–water partition coefficient (Wildman–Crippen LogP) is 1.73. The summed E-state index contributed by atoms with van der Waals surface area (Å²) in [6.07, 6.45) is 3.25. The highest BCUT2D eigenvalue weighted by molar-refractivity contribution is 6.43. The Bertz CT molecular complexity index is 910. The van der Waals surface area contributed by atoms with E-state index in [2.05, 4.69) is 17.3 Å². The Kier molecular flexibility index (Phi) is 6.26. The van der Waals surface area contributed by atoms with Crippen LogP contribution in [0, 0.1) is 0 Å². The van der Waals surface area contributed by atoms with Crippen molar-refractivity contribution in [1.82, 2.24) is 15.1 Å². The lowest BCUT2D eigenvalue weighted by molar-refractivity contribution is -0.121. The molecule has 2 aromatic carbocycles. The molecule has 0 saturated heterocycles. The molecular formula is C20H24BN3O3. The topological polar surface area (TPSA) is 87.4 Å². The van der Waals surface area contributed by atoms with Gasteiger partial charge in [-0.2, -0.15) is 5.10 Å². The summed E-state index contributed by atoms with van der Waals surface area (Å²) >= 11 is 0. The van der Waals surface area contributed by atoms with E-state index in [9.17, 15) is 14.8 Å². The van der Waals surface area contributed by atoms with Crippen LogP contribution in [0.5, 0.6) is 0 Å². The van der Waals surface area contributed by atoms with Gasteiger partial charge >= 0.3 is 7.12 Å². The first-order valence-corrected chi connectivity index (χ1v) is 9.20. The van der Waals surface area contributed by atoms with Crippen molar-refractivity contribution < 1.29 is 14.8 Å². The number of amides is 1. The minimum Gasteiger partial charge on any atom is -0.426 e. The van der Waals surface area contributed by atoms with E-state index in [1.54, 1.807) is 10.9 Å². The Morgan fingerprint density at radius 3 is 2.74 bits per heavy atom. The minimum absolute atomic E-state index is 0.212. The Hall–Kier alpha value is -2.64. The van der Waals surface area contributed by atoms with Gasteiger partial charge in [0.15, 0.2) is 0 Å². The lowest BCUT2D eigenvalue weighted by Crippen LogP contribution is -2.48. The average molecular weight is 365 g/mol. The van der Waals surface area contributed by atoms with Gasteiger partial charge in [0.2, 0.25) is 5.91 Å². The highest BCUT2D eigenvalue weighted by atomic mass is 16.4. The van der Waals surface area contributed by atoms with Crippen LogP contribution < -0.4 is 5.32 Å². The molecule has 0 saturated carbocycles. The summed E-state index contributed by atoms with van der Waals surface area (Å²) < 4.78 is 1.78. The average Bonchev–Trinajstić information content (AvgIpc) is 3.09. The Morgan fingerprint density at radius 2 is 1.96 bits per heavy atom. The molecule has 0 radical (unpaired) electrons. The molecule has 3 rings (SSSR count). The molecule has 1 atom stereocenters. The summed E-state index contributed by atoms with van der Waals surface area (Å²) in [5.41, 5.74) is 3.11. The first kappa shape index (κ1) is 19.1. The maximum Gasteiger partial charge on any atom is 0.475 e. The van der Waals surface area contributed by atoms with Gasteiger partial charge in [-0.3, -0.25) is 9.48 Å². The highest BCUT2D eigenvalue weighted by Gasteiger charge is 2.25. The van der Waals surface area contributed by atoms with Crippen LogP contribution in [0.2, 0.25) is 0 Å². The van der Waals surface area contributed by atoms with Crippen LogP contribution >= 0.6 is 0 Å². The number of hydrogen-bond acceptors (Lipinski definition) is 4. The van der Waals surface area contributed by atoms with Gasteiger partial charge in [0.05, 0.1) is 24.2 Å². The summed E-state index contributed by atoms with van der Waals surface area (Å²) in [7, 11) is -1.62. The molecule has 27 heavy (non-hydrogen) atoms. The molecule has 0 aliphatic carbocycles. The van der Waals surface area contributed by atoms with Crippen LogP contribution in [0.1, 0.15) is 24.5 Å². The number of benzene rings is 2. The van der Waals surface area contributed by atoms with Gasteiger partial charge in [-0.25, -0.2) is 0 Å². The molecule has 3 aromatic rings. The van der Waals surface area contributed by atoms with E-state index < -0.39 is 13.1 Å². The lowest BCUT2D eigenvalue weighted by Gasteiger charge is -2.18. The third-order valence-corrected chi connectivity index (χ3v) is 4.66. The number of carbonyl (C=O) groups excluding carboxylic acids is 1. The molecule has 1 aromatic heterocycles. The Morgan fingerprint density at radius 1 is 1.19 bits per heavy atom. The van der Waals surface area contributed by atoms with Crippen LogP contribution in [0.4, 0.5) is 0 Å². The first-order chi connectivity index (χ1) is 13.1. The number of carbonyl (C=O) groups is 1. The van der Waals surface area contributed by atoms with Gasteiger partial charge in [0.1, 0.15) is 0 Å². The number of aryl methyl sites for hydroxylation is 2. The summed E-state index contributed by atoms with van der Waals surface area (Å²) in [5, 5.41) is 27.4. The lowest BCUT2D eigenvalue weighted by atomic mass is 9.75. The van der Waals surface area contributed by atoms with Gasteiger partial charge in [0, 0.05) is 11.8 Å². The van der Waals surface area contributed by atoms with Gasteiger partial charge in [-0.1, -0.05) is 49.4 Å². The molecule has 140 valence electrons. The van der Waals surface area contributed by atoms with Crippen LogP contribution in [0.3, 0.4) is 0 Å². The minimum atomic E-state index is -1.62. The van der Waals surface area contributed by atoms with E-state index in [0.29, 0.717) is 13.0 Å². The molecule has 0 aliphatic heterocycles. The fourth-order valence-electron chi connectivity index (χ4n) is 3.15. The molecule has 0 bridgehead atoms. The zero-order valence-electron chi connectivity index (χ0n) is 15.4. The van der Waals surface area contributed by atoms with Crippen LogP contribution in [0.15, 0.2) is 54.7 Å². The molecule has 1 amide bonds. The zero-order chi connectivity index (χ0) is 19.2. The summed E-state index contributed by atoms with van der Waals surface area (Å²) in [6, 6.07) is 15.7. The summed E-state index contributed by atoms with van der Waals surface area (Å²) in [4.78, 5) is 12.3. The second-order valence-electron chi connectivity index (χ2n) is 6.64. The van der Waals surface area contributed by atoms with E-state index in [1.807, 2.05) is 48.5 Å². The molecule has 3 N–H and O–H groups in total. The number of aromatic nitrogens is 2. The van der Waals surface area contributed by atoms with E-state index >= 15 is 0 Å². The third-order valence-electron chi connectivity index (χ3n) is 4.66. The van der Waals surface area contributed by atoms with E-state index in [0.717, 1.165) is 22.9 Å². The van der Waals surface area contributed by atoms with Crippen molar-refractivity contribution in [1.29, 1.82) is 0 Å². The summed E-state index contributed by atoms with van der Waals surface area (Å²) in [5.74, 6) is -0.988.